The molecule has 0 unspecified atom stereocenters. The van der Waals surface area contributed by atoms with Crippen LogP contribution in [0.15, 0.2) is 30.3 Å². The lowest BCUT2D eigenvalue weighted by Crippen LogP contribution is -2.54. The smallest absolute Gasteiger partial charge is 0.326 e. The van der Waals surface area contributed by atoms with E-state index in [-0.39, 0.29) is 25.3 Å². The summed E-state index contributed by atoms with van der Waals surface area (Å²) in [6.45, 7) is -0.300. The van der Waals surface area contributed by atoms with Crippen molar-refractivity contribution < 1.29 is 29.1 Å². The largest absolute Gasteiger partial charge is 0.480 e. The third-order valence-electron chi connectivity index (χ3n) is 4.72. The summed E-state index contributed by atoms with van der Waals surface area (Å²) in [6, 6.07) is 5.11. The van der Waals surface area contributed by atoms with Gasteiger partial charge in [0.1, 0.15) is 12.1 Å². The molecule has 0 aliphatic rings. The van der Waals surface area contributed by atoms with Crippen LogP contribution in [0.3, 0.4) is 0 Å². The van der Waals surface area contributed by atoms with Crippen LogP contribution in [0.1, 0.15) is 24.8 Å². The Bertz CT molecular complexity index is 910. The molecule has 3 atom stereocenters. The van der Waals surface area contributed by atoms with Gasteiger partial charge in [0.15, 0.2) is 5.96 Å². The van der Waals surface area contributed by atoms with E-state index in [1.165, 1.54) is 0 Å². The van der Waals surface area contributed by atoms with Gasteiger partial charge in [-0.25, -0.2) is 4.79 Å². The quantitative estimate of drug-likeness (QED) is 0.0680. The van der Waals surface area contributed by atoms with Gasteiger partial charge < -0.3 is 43.6 Å². The van der Waals surface area contributed by atoms with Crippen LogP contribution in [-0.4, -0.2) is 71.9 Å². The van der Waals surface area contributed by atoms with Crippen LogP contribution in [0.25, 0.3) is 0 Å². The molecule has 1 rings (SSSR count). The monoisotopic (exact) mass is 492 g/mol. The van der Waals surface area contributed by atoms with Crippen molar-refractivity contribution in [1.82, 2.24) is 21.3 Å². The average molecular weight is 493 g/mol. The lowest BCUT2D eigenvalue weighted by molar-refractivity contribution is -0.141. The molecule has 0 spiro atoms. The number of hydrogen-bond donors (Lipinski definition) is 9. The zero-order valence-electron chi connectivity index (χ0n) is 19.1. The van der Waals surface area contributed by atoms with Crippen LogP contribution in [0.2, 0.25) is 0 Å². The number of carbonyl (C=O) groups excluding carboxylic acids is 4. The molecule has 0 bridgehead atoms. The minimum atomic E-state index is -1.27. The fourth-order valence-electron chi connectivity index (χ4n) is 2.97. The van der Waals surface area contributed by atoms with Crippen molar-refractivity contribution >= 4 is 35.6 Å². The van der Waals surface area contributed by atoms with E-state index in [0.717, 1.165) is 0 Å². The molecule has 0 saturated carbocycles. The second-order valence-corrected chi connectivity index (χ2v) is 7.69. The highest BCUT2D eigenvalue weighted by molar-refractivity contribution is 5.93. The summed E-state index contributed by atoms with van der Waals surface area (Å²) in [4.78, 5) is 59.6. The topological polar surface area (TPSA) is 256 Å². The number of carboxylic acids is 1. The van der Waals surface area contributed by atoms with E-state index in [1.54, 1.807) is 30.3 Å². The minimum absolute atomic E-state index is 0.0510. The first-order chi connectivity index (χ1) is 16.5. The number of hydrogen-bond acceptors (Lipinski definition) is 7. The van der Waals surface area contributed by atoms with Gasteiger partial charge in [-0.3, -0.25) is 24.6 Å². The minimum Gasteiger partial charge on any atom is -0.480 e. The highest BCUT2D eigenvalue weighted by atomic mass is 16.4. The Labute approximate surface area is 201 Å². The zero-order valence-corrected chi connectivity index (χ0v) is 19.1. The summed E-state index contributed by atoms with van der Waals surface area (Å²) < 4.78 is 0. The van der Waals surface area contributed by atoms with Crippen LogP contribution in [0.4, 0.5) is 0 Å². The van der Waals surface area contributed by atoms with Crippen molar-refractivity contribution in [3.63, 3.8) is 0 Å². The molecule has 12 N–H and O–H groups in total. The molecular formula is C21H32N8O6. The lowest BCUT2D eigenvalue weighted by atomic mass is 10.1. The number of amides is 4. The van der Waals surface area contributed by atoms with Gasteiger partial charge in [-0.1, -0.05) is 30.3 Å². The van der Waals surface area contributed by atoms with Crippen molar-refractivity contribution in [2.75, 3.05) is 13.1 Å². The van der Waals surface area contributed by atoms with E-state index < -0.39 is 60.7 Å². The maximum atomic E-state index is 12.6. The highest BCUT2D eigenvalue weighted by Gasteiger charge is 2.26. The normalized spacial score (nSPS) is 12.9. The Morgan fingerprint density at radius 1 is 0.943 bits per heavy atom. The molecule has 1 aromatic carbocycles. The molecule has 4 amide bonds. The molecule has 192 valence electrons. The molecule has 0 heterocycles. The molecule has 14 heteroatoms. The van der Waals surface area contributed by atoms with E-state index in [4.69, 9.17) is 22.6 Å². The number of carbonyl (C=O) groups is 5. The second-order valence-electron chi connectivity index (χ2n) is 7.69. The number of guanidine groups is 1. The average Bonchev–Trinajstić information content (AvgIpc) is 2.78. The van der Waals surface area contributed by atoms with E-state index in [9.17, 15) is 29.1 Å². The summed E-state index contributed by atoms with van der Waals surface area (Å²) >= 11 is 0. The van der Waals surface area contributed by atoms with Gasteiger partial charge in [-0.15, -0.1) is 0 Å². The lowest BCUT2D eigenvalue weighted by Gasteiger charge is -2.21. The van der Waals surface area contributed by atoms with E-state index in [0.29, 0.717) is 12.0 Å². The van der Waals surface area contributed by atoms with Gasteiger partial charge >= 0.3 is 5.97 Å². The van der Waals surface area contributed by atoms with Crippen LogP contribution < -0.4 is 38.5 Å². The zero-order chi connectivity index (χ0) is 26.4. The number of rotatable bonds is 15. The maximum absolute atomic E-state index is 12.6. The van der Waals surface area contributed by atoms with Crippen LogP contribution >= 0.6 is 0 Å². The number of benzene rings is 1. The standard InChI is InChI=1S/C21H32N8O6/c22-13(10-16(23)30)18(32)29-14(7-4-8-26-21(24)25)19(33)27-11-17(31)28-15(20(34)35)9-12-5-2-1-3-6-12/h1-3,5-6,13-15H,4,7-11,22H2,(H2,23,30)(H,27,33)(H,28,31)(H,29,32)(H,34,35)(H4,24,25,26)/t13-,14-,15-/m0/s1. The molecular weight excluding hydrogens is 460 g/mol. The van der Waals surface area contributed by atoms with Crippen molar-refractivity contribution in [3.05, 3.63) is 35.9 Å². The van der Waals surface area contributed by atoms with E-state index in [1.807, 2.05) is 0 Å². The fraction of sp³-hybridized carbons (Fsp3) is 0.429. The Kier molecular flexibility index (Phi) is 12.2. The van der Waals surface area contributed by atoms with Crippen LogP contribution in [-0.2, 0) is 30.4 Å². The molecule has 0 radical (unpaired) electrons. The summed E-state index contributed by atoms with van der Waals surface area (Å²) in [5.74, 6) is -4.55. The van der Waals surface area contributed by atoms with Gasteiger partial charge in [0.25, 0.3) is 0 Å². The van der Waals surface area contributed by atoms with E-state index >= 15 is 0 Å². The first-order valence-electron chi connectivity index (χ1n) is 10.8. The summed E-state index contributed by atoms with van der Waals surface area (Å²) in [5.41, 5.74) is 16.6. The second kappa shape index (κ2) is 14.8. The predicted octanol–water partition coefficient (Wildman–Crippen LogP) is -3.13. The van der Waals surface area contributed by atoms with Crippen molar-refractivity contribution in [1.29, 1.82) is 5.41 Å². The van der Waals surface area contributed by atoms with E-state index in [2.05, 4.69) is 21.3 Å². The Morgan fingerprint density at radius 2 is 1.60 bits per heavy atom. The number of nitrogens with one attached hydrogen (secondary N) is 5. The number of aliphatic carboxylic acids is 1. The fourth-order valence-corrected chi connectivity index (χ4v) is 2.97. The predicted molar refractivity (Wildman–Crippen MR) is 126 cm³/mol. The number of carboxylic acid groups (broad SMARTS) is 1. The maximum Gasteiger partial charge on any atom is 0.326 e. The Morgan fingerprint density at radius 3 is 2.17 bits per heavy atom. The van der Waals surface area contributed by atoms with Crippen molar-refractivity contribution in [2.45, 2.75) is 43.8 Å². The molecule has 0 aliphatic heterocycles. The highest BCUT2D eigenvalue weighted by Crippen LogP contribution is 2.04. The third-order valence-corrected chi connectivity index (χ3v) is 4.72. The van der Waals surface area contributed by atoms with Crippen LogP contribution in [0.5, 0.6) is 0 Å². The first kappa shape index (κ1) is 28.8. The Hall–Kier alpha value is -4.20. The first-order valence-corrected chi connectivity index (χ1v) is 10.8. The molecule has 0 aliphatic carbocycles. The molecule has 1 aromatic rings. The SMILES string of the molecule is N=C(N)NCCC[C@H](NC(=O)[C@@H](N)CC(N)=O)C(=O)NCC(=O)N[C@@H](Cc1ccccc1)C(=O)O. The van der Waals surface area contributed by atoms with Gasteiger partial charge in [-0.2, -0.15) is 0 Å². The Balaban J connectivity index is 2.70. The van der Waals surface area contributed by atoms with Gasteiger partial charge in [0, 0.05) is 13.0 Å². The van der Waals surface area contributed by atoms with Crippen LogP contribution in [0, 0.1) is 5.41 Å². The molecule has 0 fully saturated rings. The van der Waals surface area contributed by atoms with Gasteiger partial charge in [0.05, 0.1) is 19.0 Å². The van der Waals surface area contributed by atoms with Crippen molar-refractivity contribution in [2.24, 2.45) is 17.2 Å². The van der Waals surface area contributed by atoms with Gasteiger partial charge in [-0.05, 0) is 18.4 Å². The summed E-state index contributed by atoms with van der Waals surface area (Å²) in [6.07, 6.45) is 0.0315. The summed E-state index contributed by atoms with van der Waals surface area (Å²) in [7, 11) is 0. The summed E-state index contributed by atoms with van der Waals surface area (Å²) in [5, 5.41) is 26.2. The van der Waals surface area contributed by atoms with Gasteiger partial charge in [0.2, 0.25) is 23.6 Å². The molecule has 0 saturated heterocycles. The molecule has 35 heavy (non-hydrogen) atoms. The third kappa shape index (κ3) is 12.0. The van der Waals surface area contributed by atoms with Crippen molar-refractivity contribution in [3.8, 4) is 0 Å². The molecule has 0 aromatic heterocycles. The number of nitrogens with two attached hydrogens (primary N) is 3. The molecule has 14 nitrogen and oxygen atoms in total. The number of primary amides is 1.